The zero-order valence-electron chi connectivity index (χ0n) is 14.0. The summed E-state index contributed by atoms with van der Waals surface area (Å²) in [6, 6.07) is 18.6. The zero-order chi connectivity index (χ0) is 17.6. The van der Waals surface area contributed by atoms with Crippen LogP contribution in [0.3, 0.4) is 0 Å². The van der Waals surface area contributed by atoms with Crippen LogP contribution in [0.25, 0.3) is 16.9 Å². The molecule has 0 fully saturated rings. The average Bonchev–Trinajstić information content (AvgIpc) is 3.12. The molecule has 0 bridgehead atoms. The van der Waals surface area contributed by atoms with Gasteiger partial charge in [-0.25, -0.2) is 9.48 Å². The first kappa shape index (κ1) is 16.7. The summed E-state index contributed by atoms with van der Waals surface area (Å²) in [5.41, 5.74) is 2.63. The first-order valence-electron chi connectivity index (χ1n) is 7.69. The van der Waals surface area contributed by atoms with Gasteiger partial charge in [0.2, 0.25) is 0 Å². The highest BCUT2D eigenvalue weighted by Crippen LogP contribution is 2.24. The van der Waals surface area contributed by atoms with E-state index in [9.17, 15) is 4.79 Å². The summed E-state index contributed by atoms with van der Waals surface area (Å²) in [6.07, 6.45) is 0. The number of hydrogen-bond acceptors (Lipinski definition) is 5. The van der Waals surface area contributed by atoms with Crippen LogP contribution in [0, 0.1) is 0 Å². The minimum absolute atomic E-state index is 0.114. The third kappa shape index (κ3) is 3.70. The number of rotatable bonds is 6. The second-order valence-electron chi connectivity index (χ2n) is 5.23. The van der Waals surface area contributed by atoms with E-state index in [1.54, 1.807) is 17.9 Å². The highest BCUT2D eigenvalue weighted by molar-refractivity contribution is 5.89. The molecule has 1 heterocycles. The number of methoxy groups -OCH3 is 2. The van der Waals surface area contributed by atoms with Crippen molar-refractivity contribution in [3.05, 3.63) is 66.4 Å². The number of ether oxygens (including phenoxy) is 3. The Morgan fingerprint density at radius 1 is 1.04 bits per heavy atom. The van der Waals surface area contributed by atoms with Crippen molar-refractivity contribution in [2.24, 2.45) is 0 Å². The Balaban J connectivity index is 2.02. The first-order valence-corrected chi connectivity index (χ1v) is 7.69. The Morgan fingerprint density at radius 3 is 2.40 bits per heavy atom. The number of benzene rings is 2. The van der Waals surface area contributed by atoms with E-state index in [0.717, 1.165) is 17.0 Å². The molecule has 3 aromatic rings. The van der Waals surface area contributed by atoms with E-state index in [1.807, 2.05) is 54.6 Å². The second-order valence-corrected chi connectivity index (χ2v) is 5.23. The number of esters is 1. The van der Waals surface area contributed by atoms with Crippen molar-refractivity contribution in [3.63, 3.8) is 0 Å². The van der Waals surface area contributed by atoms with Crippen LogP contribution in [0.1, 0.15) is 10.5 Å². The molecule has 0 unspecified atom stereocenters. The maximum atomic E-state index is 12.4. The lowest BCUT2D eigenvalue weighted by molar-refractivity contribution is -0.0132. The van der Waals surface area contributed by atoms with Gasteiger partial charge in [0, 0.05) is 12.7 Å². The van der Waals surface area contributed by atoms with Gasteiger partial charge >= 0.3 is 5.97 Å². The van der Waals surface area contributed by atoms with Crippen LogP contribution in [0.5, 0.6) is 5.75 Å². The van der Waals surface area contributed by atoms with Crippen molar-refractivity contribution in [1.29, 1.82) is 0 Å². The molecule has 6 nitrogen and oxygen atoms in total. The first-order chi connectivity index (χ1) is 12.2. The van der Waals surface area contributed by atoms with Gasteiger partial charge in [-0.15, -0.1) is 0 Å². The Labute approximate surface area is 145 Å². The summed E-state index contributed by atoms with van der Waals surface area (Å²) in [5, 5.41) is 4.57. The van der Waals surface area contributed by atoms with Crippen molar-refractivity contribution < 1.29 is 19.0 Å². The summed E-state index contributed by atoms with van der Waals surface area (Å²) in [5.74, 6) is 0.254. The standard InChI is InChI=1S/C19H18N2O4/c1-23-13-25-19(22)18-12-17(14-8-10-16(24-2)11-9-14)20-21(18)15-6-4-3-5-7-15/h3-12H,13H2,1-2H3. The molecule has 1 aromatic heterocycles. The zero-order valence-corrected chi connectivity index (χ0v) is 14.0. The lowest BCUT2D eigenvalue weighted by atomic mass is 10.1. The van der Waals surface area contributed by atoms with E-state index < -0.39 is 5.97 Å². The highest BCUT2D eigenvalue weighted by atomic mass is 16.7. The van der Waals surface area contributed by atoms with E-state index >= 15 is 0 Å². The summed E-state index contributed by atoms with van der Waals surface area (Å²) in [6.45, 7) is -0.114. The molecule has 0 aliphatic rings. The molecule has 128 valence electrons. The maximum absolute atomic E-state index is 12.4. The van der Waals surface area contributed by atoms with Crippen molar-refractivity contribution >= 4 is 5.97 Å². The van der Waals surface area contributed by atoms with Crippen LogP contribution < -0.4 is 4.74 Å². The summed E-state index contributed by atoms with van der Waals surface area (Å²) in [4.78, 5) is 12.4. The number of aromatic nitrogens is 2. The fourth-order valence-corrected chi connectivity index (χ4v) is 2.38. The third-order valence-electron chi connectivity index (χ3n) is 3.61. The van der Waals surface area contributed by atoms with E-state index in [1.165, 1.54) is 7.11 Å². The van der Waals surface area contributed by atoms with Gasteiger partial charge in [0.05, 0.1) is 18.5 Å². The van der Waals surface area contributed by atoms with Gasteiger partial charge in [-0.1, -0.05) is 18.2 Å². The third-order valence-corrected chi connectivity index (χ3v) is 3.61. The molecule has 0 saturated heterocycles. The van der Waals surface area contributed by atoms with Gasteiger partial charge in [0.1, 0.15) is 5.75 Å². The molecular weight excluding hydrogens is 320 g/mol. The quantitative estimate of drug-likeness (QED) is 0.510. The number of carbonyl (C=O) groups excluding carboxylic acids is 1. The van der Waals surface area contributed by atoms with Crippen LogP contribution in [0.4, 0.5) is 0 Å². The van der Waals surface area contributed by atoms with Crippen LogP contribution in [0.15, 0.2) is 60.7 Å². The topological polar surface area (TPSA) is 62.6 Å². The largest absolute Gasteiger partial charge is 0.497 e. The molecule has 0 aliphatic heterocycles. The van der Waals surface area contributed by atoms with Gasteiger partial charge in [-0.05, 0) is 42.5 Å². The second kappa shape index (κ2) is 7.63. The molecule has 25 heavy (non-hydrogen) atoms. The molecule has 6 heteroatoms. The lowest BCUT2D eigenvalue weighted by Crippen LogP contribution is -2.13. The van der Waals surface area contributed by atoms with Crippen molar-refractivity contribution in [3.8, 4) is 22.7 Å². The molecule has 0 spiro atoms. The van der Waals surface area contributed by atoms with Crippen molar-refractivity contribution in [2.45, 2.75) is 0 Å². The van der Waals surface area contributed by atoms with E-state index in [0.29, 0.717) is 11.4 Å². The van der Waals surface area contributed by atoms with Crippen LogP contribution in [-0.2, 0) is 9.47 Å². The van der Waals surface area contributed by atoms with Gasteiger partial charge in [-0.3, -0.25) is 0 Å². The molecular formula is C19H18N2O4. The Bertz CT molecular complexity index is 842. The minimum atomic E-state index is -0.502. The Kier molecular flexibility index (Phi) is 5.11. The van der Waals surface area contributed by atoms with Crippen LogP contribution >= 0.6 is 0 Å². The van der Waals surface area contributed by atoms with Gasteiger partial charge in [-0.2, -0.15) is 5.10 Å². The fourth-order valence-electron chi connectivity index (χ4n) is 2.38. The maximum Gasteiger partial charge on any atom is 0.359 e. The molecule has 0 amide bonds. The van der Waals surface area contributed by atoms with E-state index in [4.69, 9.17) is 14.2 Å². The number of para-hydroxylation sites is 1. The Morgan fingerprint density at radius 2 is 1.76 bits per heavy atom. The molecule has 0 N–H and O–H groups in total. The van der Waals surface area contributed by atoms with Crippen molar-refractivity contribution in [1.82, 2.24) is 9.78 Å². The lowest BCUT2D eigenvalue weighted by Gasteiger charge is -2.06. The fraction of sp³-hybridized carbons (Fsp3) is 0.158. The average molecular weight is 338 g/mol. The summed E-state index contributed by atoms with van der Waals surface area (Å²) < 4.78 is 16.6. The monoisotopic (exact) mass is 338 g/mol. The molecule has 0 atom stereocenters. The molecule has 0 radical (unpaired) electrons. The van der Waals surface area contributed by atoms with Gasteiger partial charge < -0.3 is 14.2 Å². The molecule has 0 saturated carbocycles. The van der Waals surface area contributed by atoms with Gasteiger partial charge in [0.15, 0.2) is 12.5 Å². The van der Waals surface area contributed by atoms with E-state index in [2.05, 4.69) is 5.10 Å². The number of carbonyl (C=O) groups is 1. The molecule has 3 rings (SSSR count). The normalized spacial score (nSPS) is 10.5. The predicted octanol–water partition coefficient (Wildman–Crippen LogP) is 3.31. The number of hydrogen-bond donors (Lipinski definition) is 0. The van der Waals surface area contributed by atoms with Crippen molar-refractivity contribution in [2.75, 3.05) is 21.0 Å². The summed E-state index contributed by atoms with van der Waals surface area (Å²) >= 11 is 0. The van der Waals surface area contributed by atoms with E-state index in [-0.39, 0.29) is 6.79 Å². The number of nitrogens with zero attached hydrogens (tertiary/aromatic N) is 2. The summed E-state index contributed by atoms with van der Waals surface area (Å²) in [7, 11) is 3.08. The van der Waals surface area contributed by atoms with Crippen LogP contribution in [-0.4, -0.2) is 36.8 Å². The smallest absolute Gasteiger partial charge is 0.359 e. The SMILES string of the molecule is COCOC(=O)c1cc(-c2ccc(OC)cc2)nn1-c1ccccc1. The predicted molar refractivity (Wildman–Crippen MR) is 92.8 cm³/mol. The minimum Gasteiger partial charge on any atom is -0.497 e. The molecule has 0 aliphatic carbocycles. The highest BCUT2D eigenvalue weighted by Gasteiger charge is 2.19. The van der Waals surface area contributed by atoms with Gasteiger partial charge in [0.25, 0.3) is 0 Å². The molecule has 2 aromatic carbocycles. The Hall–Kier alpha value is -3.12. The van der Waals surface area contributed by atoms with Crippen LogP contribution in [0.2, 0.25) is 0 Å².